The molecule has 6 heteroatoms. The van der Waals surface area contributed by atoms with Crippen molar-refractivity contribution < 1.29 is 9.53 Å². The van der Waals surface area contributed by atoms with Gasteiger partial charge in [0.05, 0.1) is 18.6 Å². The molecule has 3 rings (SSSR count). The molecule has 5 nitrogen and oxygen atoms in total. The van der Waals surface area contributed by atoms with Gasteiger partial charge in [-0.05, 0) is 56.9 Å². The summed E-state index contributed by atoms with van der Waals surface area (Å²) in [5.74, 6) is 2.35. The van der Waals surface area contributed by atoms with Crippen LogP contribution in [0.3, 0.4) is 0 Å². The second-order valence-electron chi connectivity index (χ2n) is 6.23. The number of carbonyl (C=O) groups excluding carboxylic acids is 1. The van der Waals surface area contributed by atoms with Crippen LogP contribution in [-0.2, 0) is 11.3 Å². The van der Waals surface area contributed by atoms with Gasteiger partial charge >= 0.3 is 0 Å². The first-order valence-corrected chi connectivity index (χ1v) is 9.08. The predicted molar refractivity (Wildman–Crippen MR) is 96.6 cm³/mol. The number of anilines is 1. The molecule has 0 unspecified atom stereocenters. The van der Waals surface area contributed by atoms with Crippen molar-refractivity contribution in [2.75, 3.05) is 12.4 Å². The summed E-state index contributed by atoms with van der Waals surface area (Å²) >= 11 is 1.53. The lowest BCUT2D eigenvalue weighted by Gasteiger charge is -2.14. The summed E-state index contributed by atoms with van der Waals surface area (Å²) in [6.07, 6.45) is 4.34. The van der Waals surface area contributed by atoms with E-state index in [1.54, 1.807) is 7.11 Å². The SMILES string of the molecule is COc1ccc(S[C@H](C)C(=O)Nc2c(C)cnn2CC2CC2)cc1. The molecule has 1 fully saturated rings. The molecule has 0 radical (unpaired) electrons. The molecule has 1 aromatic carbocycles. The molecule has 0 saturated heterocycles. The summed E-state index contributed by atoms with van der Waals surface area (Å²) in [6, 6.07) is 7.75. The lowest BCUT2D eigenvalue weighted by molar-refractivity contribution is -0.115. The number of benzene rings is 1. The third-order valence-corrected chi connectivity index (χ3v) is 5.25. The second-order valence-corrected chi connectivity index (χ2v) is 7.64. The number of carbonyl (C=O) groups is 1. The third kappa shape index (κ3) is 4.12. The largest absolute Gasteiger partial charge is 0.497 e. The van der Waals surface area contributed by atoms with E-state index in [-0.39, 0.29) is 11.2 Å². The quantitative estimate of drug-likeness (QED) is 0.777. The van der Waals surface area contributed by atoms with E-state index in [2.05, 4.69) is 10.4 Å². The monoisotopic (exact) mass is 345 g/mol. The Bertz CT molecular complexity index is 708. The second kappa shape index (κ2) is 7.30. The summed E-state index contributed by atoms with van der Waals surface area (Å²) in [5, 5.41) is 7.25. The maximum atomic E-state index is 12.5. The molecule has 1 amide bonds. The lowest BCUT2D eigenvalue weighted by Crippen LogP contribution is -2.24. The van der Waals surface area contributed by atoms with Crippen LogP contribution in [0.15, 0.2) is 35.4 Å². The van der Waals surface area contributed by atoms with Gasteiger partial charge in [0.1, 0.15) is 11.6 Å². The molecular formula is C18H23N3O2S. The van der Waals surface area contributed by atoms with Crippen LogP contribution in [0.25, 0.3) is 0 Å². The van der Waals surface area contributed by atoms with Crippen molar-refractivity contribution in [3.63, 3.8) is 0 Å². The molecular weight excluding hydrogens is 322 g/mol. The van der Waals surface area contributed by atoms with E-state index in [9.17, 15) is 4.79 Å². The van der Waals surface area contributed by atoms with Gasteiger partial charge in [-0.3, -0.25) is 4.79 Å². The summed E-state index contributed by atoms with van der Waals surface area (Å²) < 4.78 is 7.08. The number of aryl methyl sites for hydroxylation is 1. The highest BCUT2D eigenvalue weighted by Gasteiger charge is 2.24. The van der Waals surface area contributed by atoms with E-state index >= 15 is 0 Å². The molecule has 24 heavy (non-hydrogen) atoms. The van der Waals surface area contributed by atoms with Crippen molar-refractivity contribution in [2.24, 2.45) is 5.92 Å². The molecule has 1 saturated carbocycles. The van der Waals surface area contributed by atoms with Crippen LogP contribution in [0.1, 0.15) is 25.3 Å². The molecule has 1 aliphatic rings. The Kier molecular flexibility index (Phi) is 5.14. The first-order valence-electron chi connectivity index (χ1n) is 8.21. The van der Waals surface area contributed by atoms with Crippen LogP contribution >= 0.6 is 11.8 Å². The zero-order chi connectivity index (χ0) is 17.1. The zero-order valence-electron chi connectivity index (χ0n) is 14.3. The van der Waals surface area contributed by atoms with Crippen molar-refractivity contribution in [2.45, 2.75) is 43.4 Å². The molecule has 1 aromatic heterocycles. The summed E-state index contributed by atoms with van der Waals surface area (Å²) in [6.45, 7) is 4.79. The average molecular weight is 345 g/mol. The van der Waals surface area contributed by atoms with Gasteiger partial charge in [0.2, 0.25) is 5.91 Å². The van der Waals surface area contributed by atoms with Crippen LogP contribution in [0, 0.1) is 12.8 Å². The highest BCUT2D eigenvalue weighted by molar-refractivity contribution is 8.00. The van der Waals surface area contributed by atoms with E-state index in [1.165, 1.54) is 24.6 Å². The van der Waals surface area contributed by atoms with Gasteiger partial charge in [-0.15, -0.1) is 11.8 Å². The number of thioether (sulfide) groups is 1. The van der Waals surface area contributed by atoms with Gasteiger partial charge in [-0.1, -0.05) is 0 Å². The molecule has 128 valence electrons. The van der Waals surface area contributed by atoms with Crippen molar-refractivity contribution in [1.82, 2.24) is 9.78 Å². The number of hydrogen-bond donors (Lipinski definition) is 1. The van der Waals surface area contributed by atoms with Gasteiger partial charge < -0.3 is 10.1 Å². The third-order valence-electron chi connectivity index (χ3n) is 4.13. The molecule has 2 aromatic rings. The Morgan fingerprint density at radius 2 is 2.12 bits per heavy atom. The minimum atomic E-state index is -0.193. The topological polar surface area (TPSA) is 56.1 Å². The van der Waals surface area contributed by atoms with Gasteiger partial charge in [0, 0.05) is 17.0 Å². The highest BCUT2D eigenvalue weighted by atomic mass is 32.2. The number of hydrogen-bond acceptors (Lipinski definition) is 4. The average Bonchev–Trinajstić information content (AvgIpc) is 3.34. The van der Waals surface area contributed by atoms with Gasteiger partial charge in [-0.2, -0.15) is 5.10 Å². The minimum absolute atomic E-state index is 0.00327. The maximum absolute atomic E-state index is 12.5. The number of nitrogens with zero attached hydrogens (tertiary/aromatic N) is 2. The summed E-state index contributed by atoms with van der Waals surface area (Å²) in [5.41, 5.74) is 1.01. The molecule has 0 bridgehead atoms. The van der Waals surface area contributed by atoms with Crippen molar-refractivity contribution in [3.8, 4) is 5.75 Å². The number of nitrogens with one attached hydrogen (secondary N) is 1. The molecule has 0 spiro atoms. The van der Waals surface area contributed by atoms with Crippen molar-refractivity contribution in [1.29, 1.82) is 0 Å². The molecule has 1 N–H and O–H groups in total. The summed E-state index contributed by atoms with van der Waals surface area (Å²) in [4.78, 5) is 13.6. The first-order chi connectivity index (χ1) is 11.6. The van der Waals surface area contributed by atoms with E-state index in [0.717, 1.165) is 28.6 Å². The Hall–Kier alpha value is -1.95. The number of methoxy groups -OCH3 is 1. The van der Waals surface area contributed by atoms with Crippen molar-refractivity contribution in [3.05, 3.63) is 36.0 Å². The fourth-order valence-electron chi connectivity index (χ4n) is 2.46. The lowest BCUT2D eigenvalue weighted by atomic mass is 10.3. The Morgan fingerprint density at radius 3 is 2.75 bits per heavy atom. The molecule has 1 aliphatic carbocycles. The Balaban J connectivity index is 1.62. The van der Waals surface area contributed by atoms with E-state index < -0.39 is 0 Å². The van der Waals surface area contributed by atoms with E-state index in [4.69, 9.17) is 4.74 Å². The standard InChI is InChI=1S/C18H23N3O2S/c1-12-10-19-21(11-14-4-5-14)17(12)20-18(22)13(2)24-16-8-6-15(23-3)7-9-16/h6-10,13-14H,4-5,11H2,1-3H3,(H,20,22)/t13-/m1/s1. The fourth-order valence-corrected chi connectivity index (χ4v) is 3.32. The van der Waals surface area contributed by atoms with Crippen LogP contribution < -0.4 is 10.1 Å². The molecule has 1 atom stereocenters. The smallest absolute Gasteiger partial charge is 0.238 e. The van der Waals surface area contributed by atoms with Crippen LogP contribution in [-0.4, -0.2) is 28.0 Å². The summed E-state index contributed by atoms with van der Waals surface area (Å²) in [7, 11) is 1.64. The van der Waals surface area contributed by atoms with Crippen LogP contribution in [0.2, 0.25) is 0 Å². The molecule has 1 heterocycles. The maximum Gasteiger partial charge on any atom is 0.238 e. The first kappa shape index (κ1) is 16.9. The predicted octanol–water partition coefficient (Wildman–Crippen LogP) is 3.73. The van der Waals surface area contributed by atoms with Crippen molar-refractivity contribution >= 4 is 23.5 Å². The van der Waals surface area contributed by atoms with Gasteiger partial charge in [0.25, 0.3) is 0 Å². The zero-order valence-corrected chi connectivity index (χ0v) is 15.1. The molecule has 0 aliphatic heterocycles. The number of rotatable bonds is 7. The minimum Gasteiger partial charge on any atom is -0.497 e. The normalized spacial score (nSPS) is 15.1. The van der Waals surface area contributed by atoms with Gasteiger partial charge in [0.15, 0.2) is 0 Å². The van der Waals surface area contributed by atoms with Crippen LogP contribution in [0.5, 0.6) is 5.75 Å². The highest BCUT2D eigenvalue weighted by Crippen LogP contribution is 2.32. The van der Waals surface area contributed by atoms with E-state index in [0.29, 0.717) is 5.92 Å². The van der Waals surface area contributed by atoms with E-state index in [1.807, 2.05) is 49.0 Å². The van der Waals surface area contributed by atoms with Gasteiger partial charge in [-0.25, -0.2) is 4.68 Å². The number of amides is 1. The Labute approximate surface area is 146 Å². The van der Waals surface area contributed by atoms with Crippen LogP contribution in [0.4, 0.5) is 5.82 Å². The number of aromatic nitrogens is 2. The fraction of sp³-hybridized carbons (Fsp3) is 0.444. The Morgan fingerprint density at radius 1 is 1.42 bits per heavy atom. The number of ether oxygens (including phenoxy) is 1.